The minimum atomic E-state index is -0.359. The third-order valence-electron chi connectivity index (χ3n) is 2.83. The Bertz CT molecular complexity index is 346. The van der Waals surface area contributed by atoms with E-state index in [2.05, 4.69) is 0 Å². The quantitative estimate of drug-likeness (QED) is 0.618. The predicted molar refractivity (Wildman–Crippen MR) is 55.2 cm³/mol. The van der Waals surface area contributed by atoms with Gasteiger partial charge in [0.15, 0.2) is 0 Å². The molecule has 4 nitrogen and oxygen atoms in total. The van der Waals surface area contributed by atoms with Crippen LogP contribution in [0.1, 0.15) is 30.9 Å². The molecular weight excluding hydrogens is 200 g/mol. The molecule has 76 valence electrons. The molecule has 0 bridgehead atoms. The summed E-state index contributed by atoms with van der Waals surface area (Å²) >= 11 is 1.16. The van der Waals surface area contributed by atoms with Gasteiger partial charge in [-0.05, 0) is 24.3 Å². The normalized spacial score (nSPS) is 18.9. The Morgan fingerprint density at radius 2 is 2.36 bits per heavy atom. The van der Waals surface area contributed by atoms with E-state index in [4.69, 9.17) is 5.73 Å². The zero-order valence-corrected chi connectivity index (χ0v) is 8.50. The van der Waals surface area contributed by atoms with Crippen LogP contribution >= 0.6 is 11.3 Å². The first-order valence-electron chi connectivity index (χ1n) is 4.67. The average molecular weight is 212 g/mol. The van der Waals surface area contributed by atoms with Crippen LogP contribution in [0.3, 0.4) is 0 Å². The standard InChI is InChI=1S/C9H12N2O2S/c10-9(6-2-1-3-6)7-4-8(11(12)13)14-5-7/h4-6,9H,1-3,10H2/t9-/m1/s1. The first kappa shape index (κ1) is 9.61. The van der Waals surface area contributed by atoms with Crippen LogP contribution in [-0.4, -0.2) is 4.92 Å². The highest BCUT2D eigenvalue weighted by atomic mass is 32.1. The van der Waals surface area contributed by atoms with E-state index in [1.807, 2.05) is 0 Å². The molecule has 1 saturated carbocycles. The Hall–Kier alpha value is -0.940. The number of hydrogen-bond donors (Lipinski definition) is 1. The van der Waals surface area contributed by atoms with Crippen molar-refractivity contribution in [2.75, 3.05) is 0 Å². The molecule has 1 atom stereocenters. The molecule has 1 aromatic heterocycles. The minimum Gasteiger partial charge on any atom is -0.324 e. The zero-order valence-electron chi connectivity index (χ0n) is 7.68. The molecule has 0 saturated heterocycles. The molecule has 0 radical (unpaired) electrons. The van der Waals surface area contributed by atoms with Gasteiger partial charge in [-0.1, -0.05) is 17.8 Å². The fourth-order valence-corrected chi connectivity index (χ4v) is 2.45. The monoisotopic (exact) mass is 212 g/mol. The number of hydrogen-bond acceptors (Lipinski definition) is 4. The molecule has 1 aromatic rings. The van der Waals surface area contributed by atoms with E-state index in [9.17, 15) is 10.1 Å². The molecule has 2 N–H and O–H groups in total. The van der Waals surface area contributed by atoms with Gasteiger partial charge in [-0.25, -0.2) is 0 Å². The van der Waals surface area contributed by atoms with Crippen LogP contribution in [0.4, 0.5) is 5.00 Å². The lowest BCUT2D eigenvalue weighted by Gasteiger charge is -2.30. The summed E-state index contributed by atoms with van der Waals surface area (Å²) in [4.78, 5) is 10.1. The predicted octanol–water partition coefficient (Wildman–Crippen LogP) is 2.46. The molecule has 1 heterocycles. The maximum absolute atomic E-state index is 10.5. The summed E-state index contributed by atoms with van der Waals surface area (Å²) in [6, 6.07) is 1.60. The highest BCUT2D eigenvalue weighted by molar-refractivity contribution is 7.13. The van der Waals surface area contributed by atoms with Crippen LogP contribution < -0.4 is 5.73 Å². The van der Waals surface area contributed by atoms with E-state index in [-0.39, 0.29) is 16.0 Å². The molecule has 2 rings (SSSR count). The average Bonchev–Trinajstić information content (AvgIpc) is 2.48. The van der Waals surface area contributed by atoms with Crippen LogP contribution in [-0.2, 0) is 0 Å². The van der Waals surface area contributed by atoms with Crippen molar-refractivity contribution in [3.05, 3.63) is 27.1 Å². The third kappa shape index (κ3) is 1.65. The van der Waals surface area contributed by atoms with Crippen molar-refractivity contribution in [2.24, 2.45) is 11.7 Å². The molecule has 1 aliphatic carbocycles. The molecule has 0 aromatic carbocycles. The third-order valence-corrected chi connectivity index (χ3v) is 3.73. The van der Waals surface area contributed by atoms with Crippen molar-refractivity contribution in [1.82, 2.24) is 0 Å². The fraction of sp³-hybridized carbons (Fsp3) is 0.556. The van der Waals surface area contributed by atoms with Gasteiger partial charge in [0.25, 0.3) is 0 Å². The SMILES string of the molecule is N[C@@H](c1csc([N+](=O)[O-])c1)C1CCC1. The van der Waals surface area contributed by atoms with Crippen molar-refractivity contribution >= 4 is 16.3 Å². The number of nitrogens with zero attached hydrogens (tertiary/aromatic N) is 1. The van der Waals surface area contributed by atoms with E-state index >= 15 is 0 Å². The van der Waals surface area contributed by atoms with Gasteiger partial charge in [0.05, 0.1) is 4.92 Å². The molecular formula is C9H12N2O2S. The lowest BCUT2D eigenvalue weighted by molar-refractivity contribution is -0.380. The Labute approximate surface area is 85.9 Å². The number of rotatable bonds is 3. The summed E-state index contributed by atoms with van der Waals surface area (Å²) in [5.41, 5.74) is 6.92. The minimum absolute atomic E-state index is 0.00583. The molecule has 0 spiro atoms. The number of nitrogens with two attached hydrogens (primary N) is 1. The first-order chi connectivity index (χ1) is 6.68. The van der Waals surface area contributed by atoms with Gasteiger partial charge >= 0.3 is 5.00 Å². The Kier molecular flexibility index (Phi) is 2.52. The van der Waals surface area contributed by atoms with Crippen LogP contribution in [0.25, 0.3) is 0 Å². The summed E-state index contributed by atoms with van der Waals surface area (Å²) in [7, 11) is 0. The van der Waals surface area contributed by atoms with Gasteiger partial charge in [0.2, 0.25) is 0 Å². The lowest BCUT2D eigenvalue weighted by atomic mass is 9.78. The molecule has 1 fully saturated rings. The van der Waals surface area contributed by atoms with Crippen LogP contribution in [0, 0.1) is 16.0 Å². The molecule has 0 unspecified atom stereocenters. The van der Waals surface area contributed by atoms with Crippen molar-refractivity contribution in [3.63, 3.8) is 0 Å². The van der Waals surface area contributed by atoms with E-state index in [1.54, 1.807) is 11.4 Å². The Balaban J connectivity index is 2.11. The van der Waals surface area contributed by atoms with Gasteiger partial charge in [-0.3, -0.25) is 10.1 Å². The second-order valence-corrected chi connectivity index (χ2v) is 4.58. The molecule has 0 aliphatic heterocycles. The highest BCUT2D eigenvalue weighted by Crippen LogP contribution is 2.38. The lowest BCUT2D eigenvalue weighted by Crippen LogP contribution is -2.26. The van der Waals surface area contributed by atoms with Crippen LogP contribution in [0.15, 0.2) is 11.4 Å². The van der Waals surface area contributed by atoms with Gasteiger partial charge in [0.1, 0.15) is 0 Å². The van der Waals surface area contributed by atoms with Gasteiger partial charge < -0.3 is 5.73 Å². The molecule has 14 heavy (non-hydrogen) atoms. The van der Waals surface area contributed by atoms with Crippen molar-refractivity contribution < 1.29 is 4.92 Å². The fourth-order valence-electron chi connectivity index (χ4n) is 1.68. The van der Waals surface area contributed by atoms with Crippen molar-refractivity contribution in [2.45, 2.75) is 25.3 Å². The largest absolute Gasteiger partial charge is 0.324 e. The summed E-state index contributed by atoms with van der Waals surface area (Å²) in [6.07, 6.45) is 3.56. The Morgan fingerprint density at radius 3 is 2.79 bits per heavy atom. The zero-order chi connectivity index (χ0) is 10.1. The molecule has 1 aliphatic rings. The summed E-state index contributed by atoms with van der Waals surface area (Å²) in [6.45, 7) is 0. The second kappa shape index (κ2) is 3.67. The van der Waals surface area contributed by atoms with Crippen molar-refractivity contribution in [3.8, 4) is 0 Å². The maximum atomic E-state index is 10.5. The van der Waals surface area contributed by atoms with Gasteiger partial charge in [0, 0.05) is 17.5 Å². The summed E-state index contributed by atoms with van der Waals surface area (Å²) in [5.74, 6) is 0.532. The van der Waals surface area contributed by atoms with E-state index in [1.165, 1.54) is 6.42 Å². The highest BCUT2D eigenvalue weighted by Gasteiger charge is 2.27. The summed E-state index contributed by atoms with van der Waals surface area (Å²) < 4.78 is 0. The van der Waals surface area contributed by atoms with E-state index < -0.39 is 0 Å². The molecule has 5 heteroatoms. The molecule has 0 amide bonds. The van der Waals surface area contributed by atoms with E-state index in [0.29, 0.717) is 5.92 Å². The second-order valence-electron chi connectivity index (χ2n) is 3.69. The first-order valence-corrected chi connectivity index (χ1v) is 5.55. The smallest absolute Gasteiger partial charge is 0.324 e. The van der Waals surface area contributed by atoms with Crippen LogP contribution in [0.5, 0.6) is 0 Å². The number of nitro groups is 1. The van der Waals surface area contributed by atoms with E-state index in [0.717, 1.165) is 29.7 Å². The van der Waals surface area contributed by atoms with Gasteiger partial charge in [-0.15, -0.1) is 0 Å². The number of thiophene rings is 1. The van der Waals surface area contributed by atoms with Crippen LogP contribution in [0.2, 0.25) is 0 Å². The van der Waals surface area contributed by atoms with Gasteiger partial charge in [-0.2, -0.15) is 0 Å². The summed E-state index contributed by atoms with van der Waals surface area (Å²) in [5, 5.41) is 12.5. The Morgan fingerprint density at radius 1 is 1.64 bits per heavy atom. The topological polar surface area (TPSA) is 69.2 Å². The van der Waals surface area contributed by atoms with Crippen molar-refractivity contribution in [1.29, 1.82) is 0 Å². The maximum Gasteiger partial charge on any atom is 0.324 e.